The lowest BCUT2D eigenvalue weighted by Gasteiger charge is -2.02. The van der Waals surface area contributed by atoms with Crippen molar-refractivity contribution in [1.29, 1.82) is 0 Å². The summed E-state index contributed by atoms with van der Waals surface area (Å²) >= 11 is 5.98. The SMILES string of the molecule is Cn1c(CCCCCCN)nc2cc(Cl)ccc21. The van der Waals surface area contributed by atoms with E-state index in [-0.39, 0.29) is 0 Å². The van der Waals surface area contributed by atoms with Crippen LogP contribution in [0.1, 0.15) is 31.5 Å². The zero-order valence-corrected chi connectivity index (χ0v) is 11.6. The number of hydrogen-bond donors (Lipinski definition) is 1. The molecule has 1 aromatic heterocycles. The van der Waals surface area contributed by atoms with Crippen molar-refractivity contribution in [3.05, 3.63) is 29.0 Å². The molecule has 0 fully saturated rings. The van der Waals surface area contributed by atoms with Gasteiger partial charge in [0.15, 0.2) is 0 Å². The molecule has 0 radical (unpaired) electrons. The number of fused-ring (bicyclic) bond motifs is 1. The Labute approximate surface area is 113 Å². The van der Waals surface area contributed by atoms with Crippen LogP contribution in [-0.4, -0.2) is 16.1 Å². The average molecular weight is 266 g/mol. The predicted molar refractivity (Wildman–Crippen MR) is 77.0 cm³/mol. The molecule has 2 N–H and O–H groups in total. The van der Waals surface area contributed by atoms with Crippen LogP contribution in [0.3, 0.4) is 0 Å². The molecule has 18 heavy (non-hydrogen) atoms. The summed E-state index contributed by atoms with van der Waals surface area (Å²) in [5.41, 5.74) is 7.62. The average Bonchev–Trinajstić information content (AvgIpc) is 2.65. The molecule has 0 saturated heterocycles. The van der Waals surface area contributed by atoms with Gasteiger partial charge in [0.1, 0.15) is 5.82 Å². The Bertz CT molecular complexity index is 519. The summed E-state index contributed by atoms with van der Waals surface area (Å²) < 4.78 is 2.16. The predicted octanol–water partition coefficient (Wildman–Crippen LogP) is 3.29. The number of nitrogens with zero attached hydrogens (tertiary/aromatic N) is 2. The smallest absolute Gasteiger partial charge is 0.109 e. The van der Waals surface area contributed by atoms with Crippen LogP contribution in [0.4, 0.5) is 0 Å². The second kappa shape index (κ2) is 6.21. The highest BCUT2D eigenvalue weighted by Crippen LogP contribution is 2.20. The fourth-order valence-electron chi connectivity index (χ4n) is 2.23. The van der Waals surface area contributed by atoms with Gasteiger partial charge in [-0.25, -0.2) is 4.98 Å². The van der Waals surface area contributed by atoms with Crippen LogP contribution in [0.2, 0.25) is 5.02 Å². The van der Waals surface area contributed by atoms with Gasteiger partial charge in [-0.15, -0.1) is 0 Å². The second-order valence-corrected chi connectivity index (χ2v) is 5.11. The Hall–Kier alpha value is -1.06. The molecule has 0 aliphatic rings. The third-order valence-corrected chi connectivity index (χ3v) is 3.53. The van der Waals surface area contributed by atoms with Crippen LogP contribution >= 0.6 is 11.6 Å². The van der Waals surface area contributed by atoms with Gasteiger partial charge >= 0.3 is 0 Å². The number of rotatable bonds is 6. The normalized spacial score (nSPS) is 11.3. The number of aromatic nitrogens is 2. The Morgan fingerprint density at radius 3 is 2.78 bits per heavy atom. The Morgan fingerprint density at radius 2 is 2.00 bits per heavy atom. The molecule has 2 aromatic rings. The van der Waals surface area contributed by atoms with Gasteiger partial charge in [0, 0.05) is 18.5 Å². The maximum atomic E-state index is 5.98. The minimum Gasteiger partial charge on any atom is -0.331 e. The third kappa shape index (κ3) is 3.03. The van der Waals surface area contributed by atoms with Crippen LogP contribution in [0.25, 0.3) is 11.0 Å². The first-order valence-electron chi connectivity index (χ1n) is 6.53. The van der Waals surface area contributed by atoms with Crippen molar-refractivity contribution in [3.63, 3.8) is 0 Å². The van der Waals surface area contributed by atoms with Crippen molar-refractivity contribution >= 4 is 22.6 Å². The van der Waals surface area contributed by atoms with E-state index < -0.39 is 0 Å². The lowest BCUT2D eigenvalue weighted by Crippen LogP contribution is -2.00. The molecule has 4 heteroatoms. The third-order valence-electron chi connectivity index (χ3n) is 3.29. The van der Waals surface area contributed by atoms with Crippen LogP contribution < -0.4 is 5.73 Å². The first-order chi connectivity index (χ1) is 8.72. The summed E-state index contributed by atoms with van der Waals surface area (Å²) in [6, 6.07) is 5.87. The van der Waals surface area contributed by atoms with Gasteiger partial charge < -0.3 is 10.3 Å². The van der Waals surface area contributed by atoms with Gasteiger partial charge in [0.2, 0.25) is 0 Å². The van der Waals surface area contributed by atoms with Crippen LogP contribution in [0, 0.1) is 0 Å². The first kappa shape index (κ1) is 13.4. The molecule has 0 aliphatic carbocycles. The first-order valence-corrected chi connectivity index (χ1v) is 6.91. The molecule has 0 aliphatic heterocycles. The molecule has 1 aromatic carbocycles. The van der Waals surface area contributed by atoms with E-state index >= 15 is 0 Å². The van der Waals surface area contributed by atoms with E-state index in [4.69, 9.17) is 17.3 Å². The van der Waals surface area contributed by atoms with Gasteiger partial charge in [-0.2, -0.15) is 0 Å². The molecule has 98 valence electrons. The molecule has 0 unspecified atom stereocenters. The van der Waals surface area contributed by atoms with E-state index in [1.807, 2.05) is 18.2 Å². The summed E-state index contributed by atoms with van der Waals surface area (Å²) in [5.74, 6) is 1.14. The van der Waals surface area contributed by atoms with E-state index in [9.17, 15) is 0 Å². The van der Waals surface area contributed by atoms with Crippen LogP contribution in [0.15, 0.2) is 18.2 Å². The largest absolute Gasteiger partial charge is 0.331 e. The molecule has 0 atom stereocenters. The summed E-state index contributed by atoms with van der Waals surface area (Å²) in [4.78, 5) is 4.64. The Kier molecular flexibility index (Phi) is 4.61. The van der Waals surface area contributed by atoms with Crippen molar-refractivity contribution in [2.45, 2.75) is 32.1 Å². The number of imidazole rings is 1. The fraction of sp³-hybridized carbons (Fsp3) is 0.500. The van der Waals surface area contributed by atoms with Crippen molar-refractivity contribution in [2.24, 2.45) is 12.8 Å². The number of unbranched alkanes of at least 4 members (excludes halogenated alkanes) is 3. The van der Waals surface area contributed by atoms with Crippen molar-refractivity contribution < 1.29 is 0 Å². The lowest BCUT2D eigenvalue weighted by molar-refractivity contribution is 0.627. The highest BCUT2D eigenvalue weighted by Gasteiger charge is 2.07. The van der Waals surface area contributed by atoms with Gasteiger partial charge in [0.05, 0.1) is 11.0 Å². The maximum absolute atomic E-state index is 5.98. The zero-order valence-electron chi connectivity index (χ0n) is 10.8. The molecular weight excluding hydrogens is 246 g/mol. The minimum absolute atomic E-state index is 0.745. The standard InChI is InChI=1S/C14H20ClN3/c1-18-13-8-7-11(15)10-12(13)17-14(18)6-4-2-3-5-9-16/h7-8,10H,2-6,9,16H2,1H3. The van der Waals surface area contributed by atoms with Gasteiger partial charge in [-0.3, -0.25) is 0 Å². The molecule has 0 spiro atoms. The fourth-order valence-corrected chi connectivity index (χ4v) is 2.39. The summed E-state index contributed by atoms with van der Waals surface area (Å²) in [5, 5.41) is 0.745. The minimum atomic E-state index is 0.745. The van der Waals surface area contributed by atoms with E-state index in [1.54, 1.807) is 0 Å². The summed E-state index contributed by atoms with van der Waals surface area (Å²) in [6.45, 7) is 0.796. The van der Waals surface area contributed by atoms with Crippen molar-refractivity contribution in [1.82, 2.24) is 9.55 Å². The molecule has 2 rings (SSSR count). The van der Waals surface area contributed by atoms with Gasteiger partial charge in [-0.05, 0) is 37.6 Å². The molecule has 0 saturated carbocycles. The number of aryl methyl sites for hydroxylation is 2. The van der Waals surface area contributed by atoms with Gasteiger partial charge in [0.25, 0.3) is 0 Å². The topological polar surface area (TPSA) is 43.8 Å². The quantitative estimate of drug-likeness (QED) is 0.815. The molecule has 3 nitrogen and oxygen atoms in total. The molecular formula is C14H20ClN3. The molecule has 0 bridgehead atoms. The van der Waals surface area contributed by atoms with E-state index in [1.165, 1.54) is 19.3 Å². The monoisotopic (exact) mass is 265 g/mol. The van der Waals surface area contributed by atoms with Crippen molar-refractivity contribution in [3.8, 4) is 0 Å². The second-order valence-electron chi connectivity index (χ2n) is 4.67. The summed E-state index contributed by atoms with van der Waals surface area (Å²) in [6.07, 6.45) is 5.75. The van der Waals surface area contributed by atoms with E-state index in [0.717, 1.165) is 41.3 Å². The molecule has 1 heterocycles. The zero-order chi connectivity index (χ0) is 13.0. The van der Waals surface area contributed by atoms with Crippen LogP contribution in [-0.2, 0) is 13.5 Å². The number of hydrogen-bond acceptors (Lipinski definition) is 2. The number of benzene rings is 1. The number of nitrogens with two attached hydrogens (primary N) is 1. The Balaban J connectivity index is 2.02. The maximum Gasteiger partial charge on any atom is 0.109 e. The Morgan fingerprint density at radius 1 is 1.22 bits per heavy atom. The molecule has 0 amide bonds. The van der Waals surface area contributed by atoms with E-state index in [2.05, 4.69) is 16.6 Å². The van der Waals surface area contributed by atoms with E-state index in [0.29, 0.717) is 0 Å². The summed E-state index contributed by atoms with van der Waals surface area (Å²) in [7, 11) is 2.07. The lowest BCUT2D eigenvalue weighted by atomic mass is 10.1. The van der Waals surface area contributed by atoms with Gasteiger partial charge in [-0.1, -0.05) is 24.4 Å². The number of halogens is 1. The highest BCUT2D eigenvalue weighted by atomic mass is 35.5. The van der Waals surface area contributed by atoms with Crippen LogP contribution in [0.5, 0.6) is 0 Å². The highest BCUT2D eigenvalue weighted by molar-refractivity contribution is 6.31. The van der Waals surface area contributed by atoms with Crippen molar-refractivity contribution in [2.75, 3.05) is 6.54 Å².